The monoisotopic (exact) mass is 168 g/mol. The molecule has 0 saturated carbocycles. The molecule has 0 rings (SSSR count). The summed E-state index contributed by atoms with van der Waals surface area (Å²) in [5, 5.41) is 0. The van der Waals surface area contributed by atoms with Crippen LogP contribution in [0.25, 0.3) is 0 Å². The van der Waals surface area contributed by atoms with Gasteiger partial charge in [0.05, 0.1) is 7.74 Å². The number of hydrogen-bond donors (Lipinski definition) is 0. The van der Waals surface area contributed by atoms with Crippen molar-refractivity contribution in [2.75, 3.05) is 18.8 Å². The van der Waals surface area contributed by atoms with Crippen LogP contribution in [0.1, 0.15) is 0 Å². The molecule has 0 aliphatic carbocycles. The normalized spacial score (nSPS) is 12.8. The van der Waals surface area contributed by atoms with Gasteiger partial charge in [-0.2, -0.15) is 0 Å². The van der Waals surface area contributed by atoms with Gasteiger partial charge in [0.2, 0.25) is 0 Å². The van der Waals surface area contributed by atoms with Crippen LogP contribution in [0.3, 0.4) is 0 Å². The molecule has 0 bridgehead atoms. The Morgan fingerprint density at radius 3 is 1.75 bits per heavy atom. The maximum absolute atomic E-state index is 5.77. The zero-order chi connectivity index (χ0) is 6.78. The van der Waals surface area contributed by atoms with E-state index < -0.39 is 7.74 Å². The molecule has 0 saturated heterocycles. The van der Waals surface area contributed by atoms with E-state index in [4.69, 9.17) is 11.6 Å². The van der Waals surface area contributed by atoms with Crippen LogP contribution in [-0.4, -0.2) is 26.6 Å². The standard InChI is InChI=1S/C5H14ClPSi/c1-7(2)8(3,4)5-6/h5H2,1-4H3. The Bertz CT molecular complexity index is 72.8. The summed E-state index contributed by atoms with van der Waals surface area (Å²) in [5.41, 5.74) is 0.922. The van der Waals surface area contributed by atoms with E-state index in [2.05, 4.69) is 26.4 Å². The van der Waals surface area contributed by atoms with Crippen molar-refractivity contribution in [3.63, 3.8) is 0 Å². The average Bonchev–Trinajstić information content (AvgIpc) is 1.67. The van der Waals surface area contributed by atoms with E-state index in [1.807, 2.05) is 0 Å². The van der Waals surface area contributed by atoms with Crippen molar-refractivity contribution in [2.45, 2.75) is 13.1 Å². The first kappa shape index (κ1) is 8.94. The van der Waals surface area contributed by atoms with E-state index in [9.17, 15) is 0 Å². The average molecular weight is 169 g/mol. The summed E-state index contributed by atoms with van der Waals surface area (Å²) < 4.78 is 0. The van der Waals surface area contributed by atoms with Gasteiger partial charge in [0.1, 0.15) is 0 Å². The van der Waals surface area contributed by atoms with E-state index in [-0.39, 0.29) is 7.47 Å². The van der Waals surface area contributed by atoms with Gasteiger partial charge in [-0.25, -0.2) is 0 Å². The van der Waals surface area contributed by atoms with E-state index >= 15 is 0 Å². The van der Waals surface area contributed by atoms with Gasteiger partial charge in [0.15, 0.2) is 0 Å². The minimum atomic E-state index is -0.924. The van der Waals surface area contributed by atoms with Gasteiger partial charge >= 0.3 is 0 Å². The molecule has 0 aromatic rings. The minimum Gasteiger partial charge on any atom is -0.130 e. The second-order valence-corrected chi connectivity index (χ2v) is 15.6. The summed E-state index contributed by atoms with van der Waals surface area (Å²) >= 11 is 5.77. The van der Waals surface area contributed by atoms with Crippen molar-refractivity contribution < 1.29 is 0 Å². The molecule has 3 heteroatoms. The molecular weight excluding hydrogens is 155 g/mol. The molecule has 0 radical (unpaired) electrons. The maximum Gasteiger partial charge on any atom is 0.0897 e. The van der Waals surface area contributed by atoms with Crippen LogP contribution in [0.4, 0.5) is 0 Å². The minimum absolute atomic E-state index is 0.263. The van der Waals surface area contributed by atoms with Crippen molar-refractivity contribution in [3.05, 3.63) is 0 Å². The Hall–Kier alpha value is 0.937. The largest absolute Gasteiger partial charge is 0.130 e. The molecule has 0 fully saturated rings. The fourth-order valence-corrected chi connectivity index (χ4v) is 3.23. The predicted molar refractivity (Wildman–Crippen MR) is 47.0 cm³/mol. The quantitative estimate of drug-likeness (QED) is 0.338. The molecule has 0 spiro atoms. The third-order valence-corrected chi connectivity index (χ3v) is 14.9. The lowest BCUT2D eigenvalue weighted by molar-refractivity contribution is 1.80. The zero-order valence-electron chi connectivity index (χ0n) is 6.03. The lowest BCUT2D eigenvalue weighted by Gasteiger charge is -2.23. The molecular formula is C5H14ClPSi. The topological polar surface area (TPSA) is 0 Å². The summed E-state index contributed by atoms with van der Waals surface area (Å²) in [6.45, 7) is 9.35. The van der Waals surface area contributed by atoms with Gasteiger partial charge in [-0.1, -0.05) is 13.1 Å². The fourth-order valence-electron chi connectivity index (χ4n) is 0.120. The van der Waals surface area contributed by atoms with Crippen molar-refractivity contribution in [2.24, 2.45) is 0 Å². The van der Waals surface area contributed by atoms with Gasteiger partial charge < -0.3 is 0 Å². The molecule has 0 aliphatic rings. The number of alkyl halides is 1. The number of hydrogen-bond acceptors (Lipinski definition) is 0. The molecule has 0 amide bonds. The van der Waals surface area contributed by atoms with Gasteiger partial charge in [-0.3, -0.25) is 0 Å². The summed E-state index contributed by atoms with van der Waals surface area (Å²) in [4.78, 5) is 0. The Morgan fingerprint density at radius 2 is 1.75 bits per heavy atom. The van der Waals surface area contributed by atoms with Crippen molar-refractivity contribution in [1.82, 2.24) is 0 Å². The Morgan fingerprint density at radius 1 is 1.38 bits per heavy atom. The predicted octanol–water partition coefficient (Wildman–Crippen LogP) is 2.71. The van der Waals surface area contributed by atoms with E-state index in [1.165, 1.54) is 0 Å². The highest BCUT2D eigenvalue weighted by molar-refractivity contribution is 7.94. The smallest absolute Gasteiger partial charge is 0.0897 e. The highest BCUT2D eigenvalue weighted by atomic mass is 35.5. The van der Waals surface area contributed by atoms with E-state index in [1.54, 1.807) is 0 Å². The van der Waals surface area contributed by atoms with Crippen molar-refractivity contribution in [3.8, 4) is 0 Å². The molecule has 0 aliphatic heterocycles. The second-order valence-electron chi connectivity index (χ2n) is 2.84. The highest BCUT2D eigenvalue weighted by Gasteiger charge is 2.22. The van der Waals surface area contributed by atoms with Crippen molar-refractivity contribution in [1.29, 1.82) is 0 Å². The lowest BCUT2D eigenvalue weighted by Crippen LogP contribution is -2.25. The van der Waals surface area contributed by atoms with E-state index in [0.717, 1.165) is 5.50 Å². The summed E-state index contributed by atoms with van der Waals surface area (Å²) in [7, 11) is -0.661. The van der Waals surface area contributed by atoms with Crippen LogP contribution >= 0.6 is 19.1 Å². The lowest BCUT2D eigenvalue weighted by atomic mass is 11.8. The van der Waals surface area contributed by atoms with Crippen LogP contribution < -0.4 is 0 Å². The van der Waals surface area contributed by atoms with Crippen LogP contribution in [-0.2, 0) is 0 Å². The summed E-state index contributed by atoms with van der Waals surface area (Å²) in [6, 6.07) is 0. The molecule has 0 atom stereocenters. The van der Waals surface area contributed by atoms with Crippen LogP contribution in [0, 0.1) is 0 Å². The third-order valence-electron chi connectivity index (χ3n) is 1.54. The van der Waals surface area contributed by atoms with Gasteiger partial charge in [0.25, 0.3) is 0 Å². The molecule has 0 unspecified atom stereocenters. The van der Waals surface area contributed by atoms with Crippen molar-refractivity contribution >= 4 is 26.8 Å². The van der Waals surface area contributed by atoms with Crippen LogP contribution in [0.15, 0.2) is 0 Å². The Balaban J connectivity index is 3.71. The summed E-state index contributed by atoms with van der Waals surface area (Å²) in [6.07, 6.45) is 0. The number of halogens is 1. The molecule has 0 N–H and O–H groups in total. The third kappa shape index (κ3) is 2.48. The Labute approximate surface area is 59.2 Å². The molecule has 0 aromatic heterocycles. The van der Waals surface area contributed by atoms with E-state index in [0.29, 0.717) is 0 Å². The van der Waals surface area contributed by atoms with Gasteiger partial charge in [-0.15, -0.1) is 19.1 Å². The molecule has 0 aromatic carbocycles. The highest BCUT2D eigenvalue weighted by Crippen LogP contribution is 2.39. The first-order valence-electron chi connectivity index (χ1n) is 2.74. The van der Waals surface area contributed by atoms with Crippen LogP contribution in [0.5, 0.6) is 0 Å². The van der Waals surface area contributed by atoms with Gasteiger partial charge in [0, 0.05) is 5.50 Å². The maximum atomic E-state index is 5.77. The second kappa shape index (κ2) is 3.19. The molecule has 0 heterocycles. The molecule has 0 nitrogen and oxygen atoms in total. The summed E-state index contributed by atoms with van der Waals surface area (Å²) in [5.74, 6) is 0. The fraction of sp³-hybridized carbons (Fsp3) is 1.00. The van der Waals surface area contributed by atoms with Gasteiger partial charge in [-0.05, 0) is 13.3 Å². The first-order valence-corrected chi connectivity index (χ1v) is 9.56. The molecule has 50 valence electrons. The molecule has 8 heavy (non-hydrogen) atoms. The zero-order valence-corrected chi connectivity index (χ0v) is 8.68. The van der Waals surface area contributed by atoms with Crippen LogP contribution in [0.2, 0.25) is 13.1 Å². The Kier molecular flexibility index (Phi) is 3.57. The first-order chi connectivity index (χ1) is 3.50. The number of rotatable bonds is 2. The SMILES string of the molecule is CP(C)[Si](C)(C)CCl.